The summed E-state index contributed by atoms with van der Waals surface area (Å²) < 4.78 is 2.23. The van der Waals surface area contributed by atoms with Crippen LogP contribution < -0.4 is 5.56 Å². The number of halogens is 1. The maximum atomic E-state index is 12.1. The van der Waals surface area contributed by atoms with Gasteiger partial charge in [0.1, 0.15) is 10.5 Å². The zero-order valence-corrected chi connectivity index (χ0v) is 12.3. The Morgan fingerprint density at radius 1 is 1.33 bits per heavy atom. The molecular weight excluding hydrogens is 314 g/mol. The minimum Gasteiger partial charge on any atom is -0.296 e. The summed E-state index contributed by atoms with van der Waals surface area (Å²) >= 11 is 4.78. The molecule has 0 radical (unpaired) electrons. The fourth-order valence-electron chi connectivity index (χ4n) is 2.35. The normalized spacial score (nSPS) is 17.4. The third-order valence-corrected chi connectivity index (χ3v) is 4.93. The molecule has 0 atom stereocenters. The zero-order chi connectivity index (χ0) is 12.5. The van der Waals surface area contributed by atoms with E-state index in [-0.39, 0.29) is 5.56 Å². The van der Waals surface area contributed by atoms with Crippen LogP contribution in [0.5, 0.6) is 0 Å². The Bertz CT molecular complexity index is 615. The molecule has 2 aromatic heterocycles. The van der Waals surface area contributed by atoms with Gasteiger partial charge in [-0.2, -0.15) is 0 Å². The molecule has 4 nitrogen and oxygen atoms in total. The number of fused-ring (bicyclic) bond motifs is 1. The highest BCUT2D eigenvalue weighted by Crippen LogP contribution is 2.18. The Hall–Kier alpha value is -0.720. The molecule has 18 heavy (non-hydrogen) atoms. The SMILES string of the molecule is O=c1c2sccc2nc(CN2CCCCC2)n1Br. The second-order valence-corrected chi connectivity index (χ2v) is 6.21. The third kappa shape index (κ3) is 2.24. The van der Waals surface area contributed by atoms with E-state index in [2.05, 4.69) is 26.0 Å². The average molecular weight is 328 g/mol. The van der Waals surface area contributed by atoms with Crippen LogP contribution in [0.4, 0.5) is 0 Å². The number of thiophene rings is 1. The summed E-state index contributed by atoms with van der Waals surface area (Å²) in [7, 11) is 0. The number of hydrogen-bond acceptors (Lipinski definition) is 4. The highest BCUT2D eigenvalue weighted by atomic mass is 79.9. The fraction of sp³-hybridized carbons (Fsp3) is 0.500. The van der Waals surface area contributed by atoms with Crippen LogP contribution in [0.3, 0.4) is 0 Å². The van der Waals surface area contributed by atoms with Gasteiger partial charge < -0.3 is 0 Å². The van der Waals surface area contributed by atoms with Crippen molar-refractivity contribution >= 4 is 37.7 Å². The lowest BCUT2D eigenvalue weighted by Crippen LogP contribution is -2.31. The predicted octanol–water partition coefficient (Wildman–Crippen LogP) is 2.60. The number of likely N-dealkylation sites (tertiary alicyclic amines) is 1. The minimum absolute atomic E-state index is 0.00186. The van der Waals surface area contributed by atoms with Crippen molar-refractivity contribution in [1.82, 2.24) is 13.5 Å². The van der Waals surface area contributed by atoms with Crippen molar-refractivity contribution in [2.75, 3.05) is 13.1 Å². The fourth-order valence-corrected chi connectivity index (χ4v) is 3.60. The van der Waals surface area contributed by atoms with E-state index >= 15 is 0 Å². The van der Waals surface area contributed by atoms with E-state index in [1.807, 2.05) is 11.4 Å². The van der Waals surface area contributed by atoms with Gasteiger partial charge in [0.05, 0.1) is 28.2 Å². The molecule has 0 bridgehead atoms. The number of hydrogen-bond donors (Lipinski definition) is 0. The third-order valence-electron chi connectivity index (χ3n) is 3.31. The van der Waals surface area contributed by atoms with Crippen LogP contribution in [0, 0.1) is 0 Å². The van der Waals surface area contributed by atoms with Crippen LogP contribution in [0.15, 0.2) is 16.2 Å². The molecule has 0 amide bonds. The lowest BCUT2D eigenvalue weighted by atomic mass is 10.1. The number of rotatable bonds is 2. The molecule has 1 aliphatic heterocycles. The number of piperidine rings is 1. The van der Waals surface area contributed by atoms with E-state index in [9.17, 15) is 4.79 Å². The van der Waals surface area contributed by atoms with E-state index in [1.165, 1.54) is 34.2 Å². The second kappa shape index (κ2) is 5.11. The van der Waals surface area contributed by atoms with Crippen molar-refractivity contribution in [1.29, 1.82) is 0 Å². The molecule has 3 rings (SSSR count). The smallest absolute Gasteiger partial charge is 0.281 e. The first-order valence-electron chi connectivity index (χ1n) is 6.13. The lowest BCUT2D eigenvalue weighted by Gasteiger charge is -2.26. The molecular formula is C12H14BrN3OS. The van der Waals surface area contributed by atoms with Gasteiger partial charge >= 0.3 is 0 Å². The molecule has 1 saturated heterocycles. The Morgan fingerprint density at radius 3 is 2.89 bits per heavy atom. The first-order chi connectivity index (χ1) is 8.75. The molecule has 0 aromatic carbocycles. The van der Waals surface area contributed by atoms with Gasteiger partial charge in [0, 0.05) is 0 Å². The summed E-state index contributed by atoms with van der Waals surface area (Å²) in [5.41, 5.74) is 0.815. The Morgan fingerprint density at radius 2 is 2.11 bits per heavy atom. The van der Waals surface area contributed by atoms with Gasteiger partial charge in [0.2, 0.25) is 0 Å². The van der Waals surface area contributed by atoms with E-state index in [4.69, 9.17) is 0 Å². The first-order valence-corrected chi connectivity index (χ1v) is 7.72. The summed E-state index contributed by atoms with van der Waals surface area (Å²) in [6.07, 6.45) is 3.80. The quantitative estimate of drug-likeness (QED) is 0.851. The molecule has 0 unspecified atom stereocenters. The van der Waals surface area contributed by atoms with E-state index in [1.54, 1.807) is 0 Å². The predicted molar refractivity (Wildman–Crippen MR) is 77.3 cm³/mol. The molecule has 6 heteroatoms. The van der Waals surface area contributed by atoms with Gasteiger partial charge in [0.15, 0.2) is 0 Å². The molecule has 0 saturated carbocycles. The molecule has 1 aliphatic rings. The topological polar surface area (TPSA) is 38.1 Å². The molecule has 0 spiro atoms. The van der Waals surface area contributed by atoms with Gasteiger partial charge in [-0.05, 0) is 37.4 Å². The van der Waals surface area contributed by atoms with Gasteiger partial charge in [0.25, 0.3) is 5.56 Å². The number of aromatic nitrogens is 2. The number of nitrogens with zero attached hydrogens (tertiary/aromatic N) is 3. The summed E-state index contributed by atoms with van der Waals surface area (Å²) in [5.74, 6) is 0.799. The van der Waals surface area contributed by atoms with Crippen LogP contribution in [0.1, 0.15) is 25.1 Å². The largest absolute Gasteiger partial charge is 0.296 e. The van der Waals surface area contributed by atoms with Crippen molar-refractivity contribution in [3.8, 4) is 0 Å². The molecule has 2 aromatic rings. The van der Waals surface area contributed by atoms with Crippen molar-refractivity contribution in [2.24, 2.45) is 0 Å². The monoisotopic (exact) mass is 327 g/mol. The summed E-state index contributed by atoms with van der Waals surface area (Å²) in [5, 5.41) is 1.91. The van der Waals surface area contributed by atoms with Crippen molar-refractivity contribution in [2.45, 2.75) is 25.8 Å². The molecule has 96 valence electrons. The van der Waals surface area contributed by atoms with Crippen molar-refractivity contribution in [3.05, 3.63) is 27.6 Å². The summed E-state index contributed by atoms with van der Waals surface area (Å²) in [4.78, 5) is 19.1. The zero-order valence-electron chi connectivity index (χ0n) is 9.93. The molecule has 0 N–H and O–H groups in total. The maximum absolute atomic E-state index is 12.1. The van der Waals surface area contributed by atoms with Gasteiger partial charge in [-0.3, -0.25) is 9.69 Å². The van der Waals surface area contributed by atoms with Crippen LogP contribution in [-0.2, 0) is 6.54 Å². The molecule has 1 fully saturated rings. The van der Waals surface area contributed by atoms with Crippen LogP contribution >= 0.6 is 27.5 Å². The average Bonchev–Trinajstić information content (AvgIpc) is 2.85. The van der Waals surface area contributed by atoms with Gasteiger partial charge in [-0.1, -0.05) is 6.42 Å². The maximum Gasteiger partial charge on any atom is 0.281 e. The first kappa shape index (κ1) is 12.3. The Labute approximate surface area is 118 Å². The van der Waals surface area contributed by atoms with E-state index < -0.39 is 0 Å². The van der Waals surface area contributed by atoms with Crippen LogP contribution in [-0.4, -0.2) is 26.6 Å². The molecule has 0 aliphatic carbocycles. The van der Waals surface area contributed by atoms with Crippen LogP contribution in [0.2, 0.25) is 0 Å². The highest BCUT2D eigenvalue weighted by molar-refractivity contribution is 9.08. The standard InChI is InChI=1S/C12H14BrN3OS/c13-16-10(8-15-5-2-1-3-6-15)14-9-4-7-18-11(9)12(16)17/h4,7H,1-3,5-6,8H2. The van der Waals surface area contributed by atoms with Crippen molar-refractivity contribution in [3.63, 3.8) is 0 Å². The minimum atomic E-state index is 0.00186. The summed E-state index contributed by atoms with van der Waals surface area (Å²) in [6.45, 7) is 2.95. The summed E-state index contributed by atoms with van der Waals surface area (Å²) in [6, 6.07) is 1.91. The lowest BCUT2D eigenvalue weighted by molar-refractivity contribution is 0.215. The van der Waals surface area contributed by atoms with Crippen LogP contribution in [0.25, 0.3) is 10.2 Å². The Balaban J connectivity index is 1.95. The second-order valence-electron chi connectivity index (χ2n) is 4.59. The molecule has 3 heterocycles. The Kier molecular flexibility index (Phi) is 3.50. The van der Waals surface area contributed by atoms with Gasteiger partial charge in [-0.25, -0.2) is 8.58 Å². The van der Waals surface area contributed by atoms with Crippen molar-refractivity contribution < 1.29 is 0 Å². The van der Waals surface area contributed by atoms with Gasteiger partial charge in [-0.15, -0.1) is 11.3 Å². The highest BCUT2D eigenvalue weighted by Gasteiger charge is 2.15. The van der Waals surface area contributed by atoms with E-state index in [0.717, 1.165) is 31.0 Å². The van der Waals surface area contributed by atoms with E-state index in [0.29, 0.717) is 4.70 Å².